The summed E-state index contributed by atoms with van der Waals surface area (Å²) >= 11 is 11.3. The molecule has 2 aromatic carbocycles. The normalized spacial score (nSPS) is 10.7. The molecule has 2 N–H and O–H groups in total. The summed E-state index contributed by atoms with van der Waals surface area (Å²) in [5.41, 5.74) is 2.04. The zero-order valence-electron chi connectivity index (χ0n) is 17.0. The highest BCUT2D eigenvalue weighted by atomic mass is 35.5. The number of hydrogen-bond acceptors (Lipinski definition) is 6. The van der Waals surface area contributed by atoms with E-state index < -0.39 is 10.8 Å². The molecular weight excluding hydrogens is 454 g/mol. The maximum absolute atomic E-state index is 12.2. The first-order valence-electron chi connectivity index (χ1n) is 9.25. The van der Waals surface area contributed by atoms with Gasteiger partial charge in [0.15, 0.2) is 5.11 Å². The maximum Gasteiger partial charge on any atom is 0.273 e. The molecule has 0 spiro atoms. The first-order valence-corrected chi connectivity index (χ1v) is 10.0. The lowest BCUT2D eigenvalue weighted by atomic mass is 10.1. The Bertz CT molecular complexity index is 1220. The molecule has 10 heteroatoms. The van der Waals surface area contributed by atoms with Crippen LogP contribution in [0.25, 0.3) is 17.4 Å². The third-order valence-corrected chi connectivity index (χ3v) is 4.97. The van der Waals surface area contributed by atoms with Crippen molar-refractivity contribution in [3.63, 3.8) is 0 Å². The molecule has 0 aliphatic carbocycles. The van der Waals surface area contributed by atoms with E-state index in [2.05, 4.69) is 10.6 Å². The molecule has 164 valence electrons. The van der Waals surface area contributed by atoms with Crippen molar-refractivity contribution in [2.24, 2.45) is 0 Å². The van der Waals surface area contributed by atoms with Gasteiger partial charge in [0, 0.05) is 22.7 Å². The fourth-order valence-electron chi connectivity index (χ4n) is 2.71. The van der Waals surface area contributed by atoms with E-state index >= 15 is 0 Å². The van der Waals surface area contributed by atoms with Gasteiger partial charge in [-0.15, -0.1) is 0 Å². The second-order valence-corrected chi connectivity index (χ2v) is 7.40. The van der Waals surface area contributed by atoms with E-state index in [0.29, 0.717) is 22.2 Å². The first kappa shape index (κ1) is 23.0. The number of hydrogen-bond donors (Lipinski definition) is 2. The number of nitro groups is 1. The van der Waals surface area contributed by atoms with Crippen LogP contribution >= 0.6 is 23.8 Å². The minimum absolute atomic E-state index is 0.00114. The zero-order chi connectivity index (χ0) is 23.3. The lowest BCUT2D eigenvalue weighted by molar-refractivity contribution is -0.384. The minimum atomic E-state index is -0.537. The van der Waals surface area contributed by atoms with E-state index in [-0.39, 0.29) is 16.5 Å². The van der Waals surface area contributed by atoms with E-state index in [1.165, 1.54) is 37.5 Å². The Hall–Kier alpha value is -3.69. The monoisotopic (exact) mass is 471 g/mol. The highest BCUT2D eigenvalue weighted by Crippen LogP contribution is 2.29. The number of methoxy groups -OCH3 is 1. The van der Waals surface area contributed by atoms with Gasteiger partial charge in [-0.25, -0.2) is 0 Å². The smallest absolute Gasteiger partial charge is 0.273 e. The van der Waals surface area contributed by atoms with Crippen LogP contribution in [0.2, 0.25) is 5.02 Å². The van der Waals surface area contributed by atoms with E-state index in [9.17, 15) is 14.9 Å². The first-order chi connectivity index (χ1) is 15.3. The molecule has 1 heterocycles. The lowest BCUT2D eigenvalue weighted by Crippen LogP contribution is -2.32. The van der Waals surface area contributed by atoms with Crippen LogP contribution in [0.15, 0.2) is 59.0 Å². The van der Waals surface area contributed by atoms with Crippen molar-refractivity contribution >= 4 is 52.3 Å². The fourth-order valence-corrected chi connectivity index (χ4v) is 3.10. The van der Waals surface area contributed by atoms with Crippen LogP contribution in [0.4, 0.5) is 11.4 Å². The van der Waals surface area contributed by atoms with Crippen LogP contribution in [-0.2, 0) is 4.79 Å². The molecule has 0 atom stereocenters. The fraction of sp³-hybridized carbons (Fsp3) is 0.0909. The van der Waals surface area contributed by atoms with Crippen molar-refractivity contribution in [3.05, 3.63) is 81.1 Å². The van der Waals surface area contributed by atoms with Gasteiger partial charge in [-0.3, -0.25) is 20.2 Å². The number of thiocarbonyl (C=S) groups is 1. The summed E-state index contributed by atoms with van der Waals surface area (Å²) in [4.78, 5) is 22.5. The number of rotatable bonds is 6. The number of anilines is 1. The van der Waals surface area contributed by atoms with Gasteiger partial charge in [0.2, 0.25) is 5.91 Å². The van der Waals surface area contributed by atoms with Gasteiger partial charge in [0.25, 0.3) is 5.69 Å². The zero-order valence-corrected chi connectivity index (χ0v) is 18.6. The minimum Gasteiger partial charge on any atom is -0.494 e. The number of aryl methyl sites for hydroxylation is 1. The van der Waals surface area contributed by atoms with Gasteiger partial charge in [-0.1, -0.05) is 23.7 Å². The van der Waals surface area contributed by atoms with E-state index in [1.807, 2.05) is 25.1 Å². The number of carbonyl (C=O) groups excluding carboxylic acids is 1. The molecule has 3 aromatic rings. The molecule has 0 aliphatic rings. The number of carbonyl (C=O) groups is 1. The second-order valence-electron chi connectivity index (χ2n) is 6.58. The summed E-state index contributed by atoms with van der Waals surface area (Å²) in [6, 6.07) is 13.1. The van der Waals surface area contributed by atoms with Crippen molar-refractivity contribution in [2.45, 2.75) is 6.92 Å². The molecule has 3 rings (SSSR count). The van der Waals surface area contributed by atoms with Gasteiger partial charge in [0.05, 0.1) is 23.8 Å². The number of nitrogens with one attached hydrogen (secondary N) is 2. The van der Waals surface area contributed by atoms with Crippen LogP contribution in [0.5, 0.6) is 5.75 Å². The Balaban J connectivity index is 1.61. The van der Waals surface area contributed by atoms with Gasteiger partial charge in [-0.05, 0) is 55.0 Å². The van der Waals surface area contributed by atoms with Crippen LogP contribution in [0, 0.1) is 17.0 Å². The second kappa shape index (κ2) is 10.1. The number of nitro benzene ring substituents is 1. The predicted molar refractivity (Wildman–Crippen MR) is 127 cm³/mol. The molecule has 0 aliphatic heterocycles. The number of amides is 1. The van der Waals surface area contributed by atoms with Crippen LogP contribution in [-0.4, -0.2) is 23.1 Å². The molecule has 0 saturated heterocycles. The molecule has 1 aromatic heterocycles. The largest absolute Gasteiger partial charge is 0.494 e. The summed E-state index contributed by atoms with van der Waals surface area (Å²) in [6.07, 6.45) is 2.77. The van der Waals surface area contributed by atoms with Crippen molar-refractivity contribution in [2.75, 3.05) is 12.4 Å². The Morgan fingerprint density at radius 2 is 2.00 bits per heavy atom. The number of nitrogens with zero attached hydrogens (tertiary/aromatic N) is 1. The third-order valence-electron chi connectivity index (χ3n) is 4.36. The highest BCUT2D eigenvalue weighted by Gasteiger charge is 2.13. The Morgan fingerprint density at radius 1 is 1.22 bits per heavy atom. The maximum atomic E-state index is 12.2. The number of furan rings is 1. The van der Waals surface area contributed by atoms with Crippen molar-refractivity contribution in [1.82, 2.24) is 5.32 Å². The standard InChI is InChI=1S/C22H18ClN3O5S/c1-13-3-4-14(11-17(13)23)19-9-6-16(31-19)7-10-21(27)25-22(32)24-18-8-5-15(26(28)29)12-20(18)30-2/h3-12H,1-2H3,(H2,24,25,27,32)/b10-7+. The summed E-state index contributed by atoms with van der Waals surface area (Å²) in [6.45, 7) is 1.91. The summed E-state index contributed by atoms with van der Waals surface area (Å²) in [7, 11) is 1.37. The summed E-state index contributed by atoms with van der Waals surface area (Å²) in [5, 5.41) is 16.8. The molecule has 32 heavy (non-hydrogen) atoms. The van der Waals surface area contributed by atoms with E-state index in [1.54, 1.807) is 12.1 Å². The molecule has 0 saturated carbocycles. The quantitative estimate of drug-likeness (QED) is 0.216. The van der Waals surface area contributed by atoms with Gasteiger partial charge in [0.1, 0.15) is 17.3 Å². The van der Waals surface area contributed by atoms with Crippen molar-refractivity contribution in [3.8, 4) is 17.1 Å². The predicted octanol–water partition coefficient (Wildman–Crippen LogP) is 5.35. The average molecular weight is 472 g/mol. The molecule has 0 unspecified atom stereocenters. The van der Waals surface area contributed by atoms with E-state index in [0.717, 1.165) is 11.1 Å². The number of benzene rings is 2. The van der Waals surface area contributed by atoms with Crippen LogP contribution in [0.3, 0.4) is 0 Å². The summed E-state index contributed by atoms with van der Waals surface area (Å²) < 4.78 is 10.9. The number of non-ortho nitro benzene ring substituents is 1. The van der Waals surface area contributed by atoms with Crippen molar-refractivity contribution in [1.29, 1.82) is 0 Å². The summed E-state index contributed by atoms with van der Waals surface area (Å²) in [5.74, 6) is 0.822. The van der Waals surface area contributed by atoms with Gasteiger partial charge < -0.3 is 14.5 Å². The molecular formula is C22H18ClN3O5S. The highest BCUT2D eigenvalue weighted by molar-refractivity contribution is 7.80. The Morgan fingerprint density at radius 3 is 2.69 bits per heavy atom. The Kier molecular flexibility index (Phi) is 7.24. The Labute approximate surface area is 194 Å². The van der Waals surface area contributed by atoms with Gasteiger partial charge >= 0.3 is 0 Å². The van der Waals surface area contributed by atoms with Crippen molar-refractivity contribution < 1.29 is 18.9 Å². The average Bonchev–Trinajstić information content (AvgIpc) is 3.23. The van der Waals surface area contributed by atoms with Crippen LogP contribution in [0.1, 0.15) is 11.3 Å². The number of halogens is 1. The molecule has 1 amide bonds. The lowest BCUT2D eigenvalue weighted by Gasteiger charge is -2.11. The van der Waals surface area contributed by atoms with Crippen LogP contribution < -0.4 is 15.4 Å². The SMILES string of the molecule is COc1cc([N+](=O)[O-])ccc1NC(=S)NC(=O)/C=C/c1ccc(-c2ccc(C)c(Cl)c2)o1. The van der Waals surface area contributed by atoms with Gasteiger partial charge in [-0.2, -0.15) is 0 Å². The van der Waals surface area contributed by atoms with E-state index in [4.69, 9.17) is 33.0 Å². The topological polar surface area (TPSA) is 107 Å². The molecule has 8 nitrogen and oxygen atoms in total. The number of ether oxygens (including phenoxy) is 1. The molecule has 0 fully saturated rings. The third kappa shape index (κ3) is 5.71. The molecule has 0 radical (unpaired) electrons. The molecule has 0 bridgehead atoms.